The van der Waals surface area contributed by atoms with E-state index < -0.39 is 0 Å². The minimum atomic E-state index is 0.509. The zero-order valence-corrected chi connectivity index (χ0v) is 15.3. The molecule has 0 N–H and O–H groups in total. The van der Waals surface area contributed by atoms with Gasteiger partial charge in [0.2, 0.25) is 18.2 Å². The standard InChI is InChI=1S/C23H15N3O3/c27-14-24-21-6-3-4-17(12-21)10-20-9-8-18(13-23(20)26-16-29)11-19-5-1-2-7-22(19)25-15-28/h1-9,12-13H,10-11H2. The lowest BCUT2D eigenvalue weighted by molar-refractivity contribution is 0.564. The van der Waals surface area contributed by atoms with Crippen LogP contribution in [0.1, 0.15) is 22.3 Å². The molecule has 0 amide bonds. The first-order valence-corrected chi connectivity index (χ1v) is 8.75. The molecule has 3 rings (SSSR count). The number of rotatable bonds is 7. The van der Waals surface area contributed by atoms with E-state index in [-0.39, 0.29) is 0 Å². The van der Waals surface area contributed by atoms with Crippen molar-refractivity contribution in [2.24, 2.45) is 15.0 Å². The van der Waals surface area contributed by atoms with Crippen LogP contribution in [-0.2, 0) is 27.2 Å². The minimum absolute atomic E-state index is 0.509. The third-order valence-electron chi connectivity index (χ3n) is 4.35. The zero-order valence-electron chi connectivity index (χ0n) is 15.3. The Morgan fingerprint density at radius 1 is 0.586 bits per heavy atom. The molecule has 0 unspecified atom stereocenters. The van der Waals surface area contributed by atoms with Gasteiger partial charge in [0, 0.05) is 0 Å². The average molecular weight is 381 g/mol. The third-order valence-corrected chi connectivity index (χ3v) is 4.35. The van der Waals surface area contributed by atoms with E-state index in [0.29, 0.717) is 29.9 Å². The molecule has 6 nitrogen and oxygen atoms in total. The van der Waals surface area contributed by atoms with Crippen LogP contribution in [0.25, 0.3) is 0 Å². The van der Waals surface area contributed by atoms with E-state index in [1.165, 1.54) is 6.08 Å². The van der Waals surface area contributed by atoms with E-state index in [4.69, 9.17) is 0 Å². The lowest BCUT2D eigenvalue weighted by Crippen LogP contribution is -1.93. The van der Waals surface area contributed by atoms with Crippen molar-refractivity contribution in [2.45, 2.75) is 12.8 Å². The Hall–Kier alpha value is -4.20. The van der Waals surface area contributed by atoms with E-state index >= 15 is 0 Å². The van der Waals surface area contributed by atoms with Gasteiger partial charge in [-0.05, 0) is 59.4 Å². The van der Waals surface area contributed by atoms with Crippen LogP contribution < -0.4 is 0 Å². The van der Waals surface area contributed by atoms with Crippen molar-refractivity contribution in [3.8, 4) is 0 Å². The normalized spacial score (nSPS) is 9.66. The predicted octanol–water partition coefficient (Wildman–Crippen LogP) is 4.77. The molecule has 0 fully saturated rings. The number of hydrogen-bond acceptors (Lipinski definition) is 6. The summed E-state index contributed by atoms with van der Waals surface area (Å²) in [6.07, 6.45) is 5.72. The Bertz CT molecular complexity index is 1180. The largest absolute Gasteiger partial charge is 0.240 e. The van der Waals surface area contributed by atoms with Crippen molar-refractivity contribution in [2.75, 3.05) is 0 Å². The molecule has 0 spiro atoms. The highest BCUT2D eigenvalue weighted by Gasteiger charge is 2.08. The lowest BCUT2D eigenvalue weighted by atomic mass is 9.98. The quantitative estimate of drug-likeness (QED) is 0.436. The second-order valence-corrected chi connectivity index (χ2v) is 6.22. The number of carbonyl (C=O) groups excluding carboxylic acids is 3. The Kier molecular flexibility index (Phi) is 6.51. The topological polar surface area (TPSA) is 88.3 Å². The molecule has 0 bridgehead atoms. The van der Waals surface area contributed by atoms with Gasteiger partial charge in [-0.2, -0.15) is 15.0 Å². The summed E-state index contributed by atoms with van der Waals surface area (Å²) in [5.41, 5.74) is 5.12. The number of aliphatic imine (C=N–C) groups is 3. The van der Waals surface area contributed by atoms with Crippen molar-refractivity contribution in [1.29, 1.82) is 0 Å². The molecule has 3 aromatic carbocycles. The van der Waals surface area contributed by atoms with Gasteiger partial charge in [0.25, 0.3) is 0 Å². The molecular formula is C23H15N3O3. The first-order valence-electron chi connectivity index (χ1n) is 8.75. The molecule has 140 valence electrons. The molecular weight excluding hydrogens is 366 g/mol. The molecule has 0 atom stereocenters. The average Bonchev–Trinajstić information content (AvgIpc) is 2.72. The summed E-state index contributed by atoms with van der Waals surface area (Å²) in [4.78, 5) is 43.2. The Labute approximate surface area is 167 Å². The van der Waals surface area contributed by atoms with E-state index in [2.05, 4.69) is 15.0 Å². The van der Waals surface area contributed by atoms with E-state index in [1.54, 1.807) is 42.5 Å². The third kappa shape index (κ3) is 5.16. The molecule has 0 aliphatic rings. The highest BCUT2D eigenvalue weighted by atomic mass is 16.1. The van der Waals surface area contributed by atoms with Gasteiger partial charge in [-0.3, -0.25) is 0 Å². The van der Waals surface area contributed by atoms with Crippen LogP contribution in [0.3, 0.4) is 0 Å². The molecule has 3 aromatic rings. The number of benzene rings is 3. The molecule has 6 heteroatoms. The van der Waals surface area contributed by atoms with E-state index in [0.717, 1.165) is 22.3 Å². The molecule has 0 saturated carbocycles. The fraction of sp³-hybridized carbons (Fsp3) is 0.0870. The summed E-state index contributed by atoms with van der Waals surface area (Å²) in [6.45, 7) is 0. The van der Waals surface area contributed by atoms with Crippen LogP contribution in [-0.4, -0.2) is 18.2 Å². The minimum Gasteiger partial charge on any atom is -0.211 e. The van der Waals surface area contributed by atoms with Crippen LogP contribution in [0.4, 0.5) is 17.1 Å². The van der Waals surface area contributed by atoms with Gasteiger partial charge < -0.3 is 0 Å². The van der Waals surface area contributed by atoms with Gasteiger partial charge >= 0.3 is 0 Å². The fourth-order valence-corrected chi connectivity index (χ4v) is 3.07. The highest BCUT2D eigenvalue weighted by molar-refractivity contribution is 5.59. The van der Waals surface area contributed by atoms with Gasteiger partial charge in [-0.1, -0.05) is 42.5 Å². The van der Waals surface area contributed by atoms with Gasteiger partial charge in [0.05, 0.1) is 17.1 Å². The van der Waals surface area contributed by atoms with Crippen LogP contribution in [0, 0.1) is 0 Å². The molecule has 0 radical (unpaired) electrons. The molecule has 0 aliphatic heterocycles. The van der Waals surface area contributed by atoms with Crippen molar-refractivity contribution in [3.05, 3.63) is 89.0 Å². The first kappa shape index (κ1) is 19.6. The molecule has 29 heavy (non-hydrogen) atoms. The summed E-state index contributed by atoms with van der Waals surface area (Å²) in [6, 6.07) is 20.1. The summed E-state index contributed by atoms with van der Waals surface area (Å²) < 4.78 is 0. The van der Waals surface area contributed by atoms with Crippen molar-refractivity contribution in [1.82, 2.24) is 0 Å². The lowest BCUT2D eigenvalue weighted by Gasteiger charge is -2.10. The SMILES string of the molecule is O=C=Nc1cccc(Cc2ccc(Cc3ccccc3N=C=O)cc2N=C=O)c1. The maximum Gasteiger partial charge on any atom is 0.240 e. The number of hydrogen-bond donors (Lipinski definition) is 0. The molecule has 0 heterocycles. The van der Waals surface area contributed by atoms with Crippen LogP contribution in [0.15, 0.2) is 81.7 Å². The molecule has 0 aliphatic carbocycles. The van der Waals surface area contributed by atoms with Crippen molar-refractivity contribution in [3.63, 3.8) is 0 Å². The monoisotopic (exact) mass is 381 g/mol. The van der Waals surface area contributed by atoms with Gasteiger partial charge in [-0.15, -0.1) is 0 Å². The summed E-state index contributed by atoms with van der Waals surface area (Å²) in [5.74, 6) is 0. The maximum atomic E-state index is 10.9. The van der Waals surface area contributed by atoms with Gasteiger partial charge in [0.1, 0.15) is 0 Å². The first-order chi connectivity index (χ1) is 14.2. The maximum absolute atomic E-state index is 10.9. The number of isocyanates is 3. The van der Waals surface area contributed by atoms with Crippen LogP contribution >= 0.6 is 0 Å². The van der Waals surface area contributed by atoms with Crippen molar-refractivity contribution < 1.29 is 14.4 Å². The second-order valence-electron chi connectivity index (χ2n) is 6.22. The number of nitrogens with zero attached hydrogens (tertiary/aromatic N) is 3. The Balaban J connectivity index is 1.92. The smallest absolute Gasteiger partial charge is 0.211 e. The van der Waals surface area contributed by atoms with Crippen LogP contribution in [0.2, 0.25) is 0 Å². The van der Waals surface area contributed by atoms with Crippen molar-refractivity contribution >= 4 is 35.3 Å². The summed E-state index contributed by atoms with van der Waals surface area (Å²) in [5, 5.41) is 0. The van der Waals surface area contributed by atoms with Crippen LogP contribution in [0.5, 0.6) is 0 Å². The van der Waals surface area contributed by atoms with Gasteiger partial charge in [-0.25, -0.2) is 14.4 Å². The summed E-state index contributed by atoms with van der Waals surface area (Å²) >= 11 is 0. The fourth-order valence-electron chi connectivity index (χ4n) is 3.07. The van der Waals surface area contributed by atoms with Gasteiger partial charge in [0.15, 0.2) is 0 Å². The Morgan fingerprint density at radius 2 is 1.24 bits per heavy atom. The Morgan fingerprint density at radius 3 is 2.00 bits per heavy atom. The zero-order chi connectivity index (χ0) is 20.5. The van der Waals surface area contributed by atoms with E-state index in [9.17, 15) is 14.4 Å². The van der Waals surface area contributed by atoms with E-state index in [1.807, 2.05) is 36.4 Å². The highest BCUT2D eigenvalue weighted by Crippen LogP contribution is 2.28. The number of para-hydroxylation sites is 1. The second kappa shape index (κ2) is 9.65. The molecule has 0 saturated heterocycles. The summed E-state index contributed by atoms with van der Waals surface area (Å²) in [7, 11) is 0. The molecule has 0 aromatic heterocycles. The predicted molar refractivity (Wildman–Crippen MR) is 108 cm³/mol.